The van der Waals surface area contributed by atoms with Gasteiger partial charge in [0.05, 0.1) is 11.0 Å². The van der Waals surface area contributed by atoms with Gasteiger partial charge in [-0.2, -0.15) is 0 Å². The molecule has 0 unspecified atom stereocenters. The molecule has 0 bridgehead atoms. The summed E-state index contributed by atoms with van der Waals surface area (Å²) >= 11 is 0. The minimum absolute atomic E-state index is 0.0872. The molecule has 0 aliphatic carbocycles. The SMILES string of the molecule is CC(=CC(=O)OCc1ccc([N+](=O)[O-])cc1)OP(=O)(O)O. The maximum absolute atomic E-state index is 11.3. The zero-order valence-corrected chi connectivity index (χ0v) is 11.7. The first-order valence-electron chi connectivity index (χ1n) is 5.51. The van der Waals surface area contributed by atoms with Crippen LogP contribution in [0.25, 0.3) is 0 Å². The number of nitro groups is 1. The summed E-state index contributed by atoms with van der Waals surface area (Å²) in [7, 11) is -4.71. The van der Waals surface area contributed by atoms with Gasteiger partial charge in [0.2, 0.25) is 0 Å². The van der Waals surface area contributed by atoms with Crippen molar-refractivity contribution in [3.8, 4) is 0 Å². The third kappa shape index (κ3) is 6.66. The highest BCUT2D eigenvalue weighted by molar-refractivity contribution is 7.46. The van der Waals surface area contributed by atoms with Crippen molar-refractivity contribution in [3.63, 3.8) is 0 Å². The monoisotopic (exact) mass is 317 g/mol. The van der Waals surface area contributed by atoms with Gasteiger partial charge < -0.3 is 9.26 Å². The highest BCUT2D eigenvalue weighted by atomic mass is 31.2. The number of ether oxygens (including phenoxy) is 1. The predicted octanol–water partition coefficient (Wildman–Crippen LogP) is 1.65. The molecule has 0 fully saturated rings. The lowest BCUT2D eigenvalue weighted by Crippen LogP contribution is -2.02. The second-order valence-electron chi connectivity index (χ2n) is 3.87. The van der Waals surface area contributed by atoms with Crippen molar-refractivity contribution in [2.75, 3.05) is 0 Å². The smallest absolute Gasteiger partial charge is 0.458 e. The van der Waals surface area contributed by atoms with Crippen molar-refractivity contribution in [2.24, 2.45) is 0 Å². The number of carbonyl (C=O) groups excluding carboxylic acids is 1. The van der Waals surface area contributed by atoms with Crippen LogP contribution in [0.2, 0.25) is 0 Å². The molecular formula is C11H12NO8P. The van der Waals surface area contributed by atoms with Gasteiger partial charge in [-0.15, -0.1) is 0 Å². The molecule has 10 heteroatoms. The fraction of sp³-hybridized carbons (Fsp3) is 0.182. The molecule has 1 rings (SSSR count). The van der Waals surface area contributed by atoms with Crippen LogP contribution in [0.3, 0.4) is 0 Å². The summed E-state index contributed by atoms with van der Waals surface area (Å²) in [5.41, 5.74) is 0.437. The van der Waals surface area contributed by atoms with Gasteiger partial charge in [-0.3, -0.25) is 19.9 Å². The first-order chi connectivity index (χ1) is 9.67. The summed E-state index contributed by atoms with van der Waals surface area (Å²) in [6.07, 6.45) is 0.782. The fourth-order valence-electron chi connectivity index (χ4n) is 1.29. The molecule has 2 N–H and O–H groups in total. The topological polar surface area (TPSA) is 136 Å². The van der Waals surface area contributed by atoms with E-state index >= 15 is 0 Å². The maximum atomic E-state index is 11.3. The van der Waals surface area contributed by atoms with Crippen LogP contribution < -0.4 is 0 Å². The van der Waals surface area contributed by atoms with Gasteiger partial charge in [0, 0.05) is 12.1 Å². The van der Waals surface area contributed by atoms with Crippen LogP contribution in [0.1, 0.15) is 12.5 Å². The second kappa shape index (κ2) is 6.98. The van der Waals surface area contributed by atoms with Gasteiger partial charge >= 0.3 is 13.8 Å². The number of nitro benzene ring substituents is 1. The molecule has 0 saturated carbocycles. The molecule has 0 radical (unpaired) electrons. The number of allylic oxidation sites excluding steroid dienone is 1. The first-order valence-corrected chi connectivity index (χ1v) is 7.04. The number of non-ortho nitro benzene ring substituents is 1. The number of phosphoric acid groups is 1. The highest BCUT2D eigenvalue weighted by Crippen LogP contribution is 2.38. The Balaban J connectivity index is 2.55. The van der Waals surface area contributed by atoms with Crippen molar-refractivity contribution in [3.05, 3.63) is 51.8 Å². The number of phosphoric ester groups is 1. The van der Waals surface area contributed by atoms with Gasteiger partial charge in [0.15, 0.2) is 0 Å². The van der Waals surface area contributed by atoms with Gasteiger partial charge in [0.1, 0.15) is 12.4 Å². The van der Waals surface area contributed by atoms with E-state index in [0.29, 0.717) is 5.56 Å². The average Bonchev–Trinajstić information content (AvgIpc) is 2.34. The number of esters is 1. The normalized spacial score (nSPS) is 11.9. The highest BCUT2D eigenvalue weighted by Gasteiger charge is 2.16. The minimum Gasteiger partial charge on any atom is -0.458 e. The Morgan fingerprint density at radius 1 is 1.38 bits per heavy atom. The molecule has 114 valence electrons. The quantitative estimate of drug-likeness (QED) is 0.202. The van der Waals surface area contributed by atoms with Crippen molar-refractivity contribution >= 4 is 19.5 Å². The Hall–Kier alpha value is -2.22. The van der Waals surface area contributed by atoms with Crippen molar-refractivity contribution in [1.82, 2.24) is 0 Å². The van der Waals surface area contributed by atoms with E-state index in [1.54, 1.807) is 0 Å². The zero-order valence-electron chi connectivity index (χ0n) is 10.8. The van der Waals surface area contributed by atoms with E-state index < -0.39 is 18.7 Å². The van der Waals surface area contributed by atoms with Crippen molar-refractivity contribution in [1.29, 1.82) is 0 Å². The van der Waals surface area contributed by atoms with E-state index in [1.807, 2.05) is 0 Å². The van der Waals surface area contributed by atoms with E-state index in [0.717, 1.165) is 6.08 Å². The number of rotatable bonds is 6. The number of carbonyl (C=O) groups is 1. The van der Waals surface area contributed by atoms with Gasteiger partial charge in [0.25, 0.3) is 5.69 Å². The van der Waals surface area contributed by atoms with Crippen LogP contribution in [-0.4, -0.2) is 20.7 Å². The van der Waals surface area contributed by atoms with Gasteiger partial charge in [-0.1, -0.05) is 0 Å². The molecule has 0 aliphatic heterocycles. The largest absolute Gasteiger partial charge is 0.524 e. The molecule has 9 nitrogen and oxygen atoms in total. The van der Waals surface area contributed by atoms with Crippen LogP contribution >= 0.6 is 7.82 Å². The molecule has 0 heterocycles. The molecule has 0 atom stereocenters. The number of benzene rings is 1. The summed E-state index contributed by atoms with van der Waals surface area (Å²) in [5.74, 6) is -1.16. The molecule has 0 aromatic heterocycles. The predicted molar refractivity (Wildman–Crippen MR) is 69.8 cm³/mol. The number of hydrogen-bond donors (Lipinski definition) is 2. The standard InChI is InChI=1S/C11H12NO8P/c1-8(20-21(16,17)18)6-11(13)19-7-9-2-4-10(5-3-9)12(14)15/h2-6H,7H2,1H3,(H2,16,17,18). The maximum Gasteiger partial charge on any atom is 0.524 e. The van der Waals surface area contributed by atoms with Gasteiger partial charge in [-0.25, -0.2) is 9.36 Å². The molecule has 21 heavy (non-hydrogen) atoms. The molecule has 1 aromatic rings. The summed E-state index contributed by atoms with van der Waals surface area (Å²) < 4.78 is 19.5. The summed E-state index contributed by atoms with van der Waals surface area (Å²) in [6.45, 7) is 1.04. The molecule has 0 spiro atoms. The first kappa shape index (κ1) is 16.8. The number of nitrogens with zero attached hydrogens (tertiary/aromatic N) is 1. The van der Waals surface area contributed by atoms with Crippen LogP contribution in [0.15, 0.2) is 36.1 Å². The Bertz CT molecular complexity index is 603. The van der Waals surface area contributed by atoms with E-state index in [2.05, 4.69) is 4.52 Å². The lowest BCUT2D eigenvalue weighted by molar-refractivity contribution is -0.384. The Labute approximate surface area is 119 Å². The zero-order chi connectivity index (χ0) is 16.0. The van der Waals surface area contributed by atoms with Crippen LogP contribution in [0.5, 0.6) is 0 Å². The van der Waals surface area contributed by atoms with E-state index in [9.17, 15) is 19.5 Å². The van der Waals surface area contributed by atoms with Gasteiger partial charge in [-0.05, 0) is 24.6 Å². The molecule has 0 aliphatic rings. The fourth-order valence-corrected chi connectivity index (χ4v) is 1.72. The van der Waals surface area contributed by atoms with Crippen molar-refractivity contribution in [2.45, 2.75) is 13.5 Å². The lowest BCUT2D eigenvalue weighted by atomic mass is 10.2. The summed E-state index contributed by atoms with van der Waals surface area (Å²) in [5, 5.41) is 10.4. The number of hydrogen-bond acceptors (Lipinski definition) is 6. The molecule has 1 aromatic carbocycles. The average molecular weight is 317 g/mol. The molecular weight excluding hydrogens is 305 g/mol. The Kier molecular flexibility index (Phi) is 5.60. The molecule has 0 saturated heterocycles. The lowest BCUT2D eigenvalue weighted by Gasteiger charge is -2.06. The summed E-state index contributed by atoms with van der Waals surface area (Å²) in [4.78, 5) is 38.3. The minimum atomic E-state index is -4.71. The Morgan fingerprint density at radius 2 is 1.95 bits per heavy atom. The van der Waals surface area contributed by atoms with Crippen LogP contribution in [0, 0.1) is 10.1 Å². The van der Waals surface area contributed by atoms with Crippen molar-refractivity contribution < 1.29 is 33.3 Å². The van der Waals surface area contributed by atoms with E-state index in [-0.39, 0.29) is 18.1 Å². The molecule has 0 amide bonds. The van der Waals surface area contributed by atoms with E-state index in [4.69, 9.17) is 14.5 Å². The van der Waals surface area contributed by atoms with Crippen LogP contribution in [-0.2, 0) is 25.2 Å². The second-order valence-corrected chi connectivity index (χ2v) is 5.03. The third-order valence-corrected chi connectivity index (χ3v) is 2.64. The summed E-state index contributed by atoms with van der Waals surface area (Å²) in [6, 6.07) is 5.38. The third-order valence-electron chi connectivity index (χ3n) is 2.11. The van der Waals surface area contributed by atoms with Crippen LogP contribution in [0.4, 0.5) is 5.69 Å². The Morgan fingerprint density at radius 3 is 2.43 bits per heavy atom. The van der Waals surface area contributed by atoms with E-state index in [1.165, 1.54) is 31.2 Å².